The molecule has 144 valence electrons. The number of likely N-dealkylation sites (N-methyl/N-ethyl adjacent to an activating group) is 1. The van der Waals surface area contributed by atoms with Gasteiger partial charge in [-0.15, -0.1) is 0 Å². The summed E-state index contributed by atoms with van der Waals surface area (Å²) in [4.78, 5) is 24.6. The van der Waals surface area contributed by atoms with E-state index < -0.39 is 11.6 Å². The minimum atomic E-state index is -0.736. The molecule has 0 saturated carbocycles. The Kier molecular flexibility index (Phi) is 6.07. The standard InChI is InChI=1S/C17H20F2N6OS/c1-3-23(4-2)5-6-25(15(26)9-24-11-20-10-21-24)17-22-16-13(19)7-12(18)8-14(16)27-17/h7-8,10-11H,3-6,9H2,1-2H3. The number of anilines is 1. The van der Waals surface area contributed by atoms with Crippen molar-refractivity contribution in [1.82, 2.24) is 24.6 Å². The summed E-state index contributed by atoms with van der Waals surface area (Å²) >= 11 is 1.09. The quantitative estimate of drug-likeness (QED) is 0.587. The highest BCUT2D eigenvalue weighted by atomic mass is 32.1. The van der Waals surface area contributed by atoms with Crippen LogP contribution in [0, 0.1) is 11.6 Å². The molecule has 0 N–H and O–H groups in total. The zero-order chi connectivity index (χ0) is 19.4. The fraction of sp³-hybridized carbons (Fsp3) is 0.412. The molecule has 0 bridgehead atoms. The van der Waals surface area contributed by atoms with Gasteiger partial charge in [-0.2, -0.15) is 5.10 Å². The molecular formula is C17H20F2N6OS. The Labute approximate surface area is 159 Å². The molecule has 10 heteroatoms. The van der Waals surface area contributed by atoms with E-state index in [0.29, 0.717) is 22.9 Å². The normalized spacial score (nSPS) is 11.4. The summed E-state index contributed by atoms with van der Waals surface area (Å²) in [5.41, 5.74) is 0.0674. The fourth-order valence-corrected chi connectivity index (χ4v) is 3.76. The van der Waals surface area contributed by atoms with E-state index in [0.717, 1.165) is 30.5 Å². The average molecular weight is 394 g/mol. The topological polar surface area (TPSA) is 67.2 Å². The molecular weight excluding hydrogens is 374 g/mol. The lowest BCUT2D eigenvalue weighted by Gasteiger charge is -2.24. The number of fused-ring (bicyclic) bond motifs is 1. The van der Waals surface area contributed by atoms with E-state index in [2.05, 4.69) is 20.0 Å². The highest BCUT2D eigenvalue weighted by Crippen LogP contribution is 2.31. The van der Waals surface area contributed by atoms with E-state index in [-0.39, 0.29) is 18.0 Å². The second-order valence-corrected chi connectivity index (χ2v) is 6.91. The van der Waals surface area contributed by atoms with Crippen LogP contribution in [0.1, 0.15) is 13.8 Å². The van der Waals surface area contributed by atoms with E-state index in [1.165, 1.54) is 28.3 Å². The summed E-state index contributed by atoms with van der Waals surface area (Å²) in [6, 6.07) is 2.02. The molecule has 1 amide bonds. The van der Waals surface area contributed by atoms with Gasteiger partial charge in [-0.05, 0) is 19.2 Å². The summed E-state index contributed by atoms with van der Waals surface area (Å²) in [7, 11) is 0. The van der Waals surface area contributed by atoms with Crippen LogP contribution >= 0.6 is 11.3 Å². The zero-order valence-corrected chi connectivity index (χ0v) is 15.9. The number of benzene rings is 1. The summed E-state index contributed by atoms with van der Waals surface area (Å²) < 4.78 is 29.3. The van der Waals surface area contributed by atoms with Crippen LogP contribution in [-0.4, -0.2) is 56.7 Å². The Morgan fingerprint density at radius 1 is 1.22 bits per heavy atom. The Hall–Kier alpha value is -2.46. The Bertz CT molecular complexity index is 910. The maximum atomic E-state index is 14.0. The van der Waals surface area contributed by atoms with Crippen LogP contribution in [0.4, 0.5) is 13.9 Å². The summed E-state index contributed by atoms with van der Waals surface area (Å²) in [5, 5.41) is 4.29. The van der Waals surface area contributed by atoms with Crippen molar-refractivity contribution < 1.29 is 13.6 Å². The second-order valence-electron chi connectivity index (χ2n) is 5.90. The van der Waals surface area contributed by atoms with E-state index in [1.54, 1.807) is 0 Å². The summed E-state index contributed by atoms with van der Waals surface area (Å²) in [6.45, 7) is 6.80. The first-order valence-electron chi connectivity index (χ1n) is 8.62. The van der Waals surface area contributed by atoms with Crippen LogP contribution in [0.3, 0.4) is 0 Å². The van der Waals surface area contributed by atoms with Crippen LogP contribution in [0.15, 0.2) is 24.8 Å². The lowest BCUT2D eigenvalue weighted by Crippen LogP contribution is -2.40. The smallest absolute Gasteiger partial charge is 0.250 e. The molecule has 0 aliphatic carbocycles. The predicted molar refractivity (Wildman–Crippen MR) is 99.7 cm³/mol. The van der Waals surface area contributed by atoms with Crippen LogP contribution in [-0.2, 0) is 11.3 Å². The third kappa shape index (κ3) is 4.45. The summed E-state index contributed by atoms with van der Waals surface area (Å²) in [5.74, 6) is -1.65. The minimum absolute atomic E-state index is 0.00891. The molecule has 0 radical (unpaired) electrons. The molecule has 0 aliphatic heterocycles. The van der Waals surface area contributed by atoms with E-state index in [1.807, 2.05) is 13.8 Å². The van der Waals surface area contributed by atoms with Crippen molar-refractivity contribution in [3.63, 3.8) is 0 Å². The van der Waals surface area contributed by atoms with Gasteiger partial charge in [0, 0.05) is 19.2 Å². The van der Waals surface area contributed by atoms with Gasteiger partial charge in [0.15, 0.2) is 10.9 Å². The first-order chi connectivity index (χ1) is 13.0. The first kappa shape index (κ1) is 19.3. The van der Waals surface area contributed by atoms with E-state index in [4.69, 9.17) is 0 Å². The number of hydrogen-bond acceptors (Lipinski definition) is 6. The third-order valence-electron chi connectivity index (χ3n) is 4.23. The number of halogens is 2. The molecule has 0 atom stereocenters. The van der Waals surface area contributed by atoms with Crippen molar-refractivity contribution in [2.45, 2.75) is 20.4 Å². The highest BCUT2D eigenvalue weighted by molar-refractivity contribution is 7.22. The number of carbonyl (C=O) groups is 1. The Balaban J connectivity index is 1.90. The SMILES string of the molecule is CCN(CC)CCN(C(=O)Cn1cncn1)c1nc2c(F)cc(F)cc2s1. The van der Waals surface area contributed by atoms with Gasteiger partial charge in [0.25, 0.3) is 5.91 Å². The molecule has 0 unspecified atom stereocenters. The average Bonchev–Trinajstić information content (AvgIpc) is 3.28. The van der Waals surface area contributed by atoms with Gasteiger partial charge in [0.2, 0.25) is 0 Å². The highest BCUT2D eigenvalue weighted by Gasteiger charge is 2.22. The number of carbonyl (C=O) groups excluding carboxylic acids is 1. The third-order valence-corrected chi connectivity index (χ3v) is 5.26. The predicted octanol–water partition coefficient (Wildman–Crippen LogP) is 2.54. The largest absolute Gasteiger partial charge is 0.302 e. The van der Waals surface area contributed by atoms with Gasteiger partial charge in [-0.25, -0.2) is 23.4 Å². The number of hydrogen-bond donors (Lipinski definition) is 0. The van der Waals surface area contributed by atoms with Gasteiger partial charge >= 0.3 is 0 Å². The number of thiazole rings is 1. The number of amides is 1. The molecule has 0 fully saturated rings. The molecule has 2 heterocycles. The van der Waals surface area contributed by atoms with E-state index in [9.17, 15) is 13.6 Å². The number of nitrogens with zero attached hydrogens (tertiary/aromatic N) is 6. The molecule has 2 aromatic heterocycles. The van der Waals surface area contributed by atoms with Gasteiger partial charge in [-0.1, -0.05) is 25.2 Å². The van der Waals surface area contributed by atoms with Crippen molar-refractivity contribution in [2.75, 3.05) is 31.1 Å². The van der Waals surface area contributed by atoms with Crippen LogP contribution in [0.5, 0.6) is 0 Å². The fourth-order valence-electron chi connectivity index (χ4n) is 2.71. The lowest BCUT2D eigenvalue weighted by atomic mass is 10.3. The molecule has 1 aromatic carbocycles. The van der Waals surface area contributed by atoms with E-state index >= 15 is 0 Å². The van der Waals surface area contributed by atoms with Crippen molar-refractivity contribution in [3.05, 3.63) is 36.4 Å². The summed E-state index contributed by atoms with van der Waals surface area (Å²) in [6.07, 6.45) is 2.80. The minimum Gasteiger partial charge on any atom is -0.302 e. The zero-order valence-electron chi connectivity index (χ0n) is 15.1. The second kappa shape index (κ2) is 8.49. The van der Waals surface area contributed by atoms with Crippen molar-refractivity contribution in [2.24, 2.45) is 0 Å². The molecule has 3 aromatic rings. The molecule has 0 spiro atoms. The Morgan fingerprint density at radius 3 is 2.67 bits per heavy atom. The van der Waals surface area contributed by atoms with Crippen molar-refractivity contribution in [1.29, 1.82) is 0 Å². The maximum Gasteiger partial charge on any atom is 0.250 e. The molecule has 27 heavy (non-hydrogen) atoms. The molecule has 3 rings (SSSR count). The van der Waals surface area contributed by atoms with Crippen LogP contribution < -0.4 is 4.90 Å². The van der Waals surface area contributed by atoms with Gasteiger partial charge in [0.05, 0.1) is 4.70 Å². The van der Waals surface area contributed by atoms with Crippen molar-refractivity contribution >= 4 is 32.6 Å². The van der Waals surface area contributed by atoms with Gasteiger partial charge < -0.3 is 4.90 Å². The van der Waals surface area contributed by atoms with Crippen molar-refractivity contribution in [3.8, 4) is 0 Å². The molecule has 0 saturated heterocycles. The van der Waals surface area contributed by atoms with Gasteiger partial charge in [-0.3, -0.25) is 9.69 Å². The van der Waals surface area contributed by atoms with Crippen LogP contribution in [0.25, 0.3) is 10.2 Å². The number of rotatable bonds is 8. The molecule has 7 nitrogen and oxygen atoms in total. The van der Waals surface area contributed by atoms with Gasteiger partial charge in [0.1, 0.15) is 30.5 Å². The number of aromatic nitrogens is 4. The maximum absolute atomic E-state index is 14.0. The lowest BCUT2D eigenvalue weighted by molar-refractivity contribution is -0.119. The monoisotopic (exact) mass is 394 g/mol. The Morgan fingerprint density at radius 2 is 2.00 bits per heavy atom. The molecule has 0 aliphatic rings. The van der Waals surface area contributed by atoms with Crippen LogP contribution in [0.2, 0.25) is 0 Å². The first-order valence-corrected chi connectivity index (χ1v) is 9.44.